The zero-order chi connectivity index (χ0) is 17.2. The summed E-state index contributed by atoms with van der Waals surface area (Å²) in [5.41, 5.74) is 0.669. The average molecular weight is 388 g/mol. The third-order valence-electron chi connectivity index (χ3n) is 2.93. The number of esters is 1. The predicted octanol–water partition coefficient (Wildman–Crippen LogP) is 2.37. The molecule has 1 amide bonds. The highest BCUT2D eigenvalue weighted by Gasteiger charge is 2.41. The van der Waals surface area contributed by atoms with Crippen molar-refractivity contribution in [3.63, 3.8) is 0 Å². The van der Waals surface area contributed by atoms with E-state index >= 15 is 0 Å². The first-order valence-corrected chi connectivity index (χ1v) is 7.45. The Morgan fingerprint density at radius 3 is 2.61 bits per heavy atom. The number of cyclic esters (lactones) is 1. The minimum atomic E-state index is -1.15. The Labute approximate surface area is 140 Å². The first-order chi connectivity index (χ1) is 10.7. The van der Waals surface area contributed by atoms with Crippen molar-refractivity contribution in [2.45, 2.75) is 26.2 Å². The summed E-state index contributed by atoms with van der Waals surface area (Å²) in [7, 11) is 1.25. The van der Waals surface area contributed by atoms with E-state index in [1.165, 1.54) is 19.2 Å². The van der Waals surface area contributed by atoms with Crippen molar-refractivity contribution >= 4 is 27.8 Å². The third-order valence-corrected chi connectivity index (χ3v) is 3.53. The van der Waals surface area contributed by atoms with Crippen LogP contribution in [0.1, 0.15) is 19.4 Å². The van der Waals surface area contributed by atoms with Gasteiger partial charge in [-0.2, -0.15) is 0 Å². The maximum Gasteiger partial charge on any atom is 0.381 e. The number of carbonyl (C=O) groups excluding carboxylic acids is 2. The van der Waals surface area contributed by atoms with Gasteiger partial charge in [0.1, 0.15) is 5.82 Å². The molecule has 0 aromatic heterocycles. The van der Waals surface area contributed by atoms with Crippen molar-refractivity contribution < 1.29 is 28.2 Å². The molecule has 0 bridgehead atoms. The lowest BCUT2D eigenvalue weighted by atomic mass is 10.2. The van der Waals surface area contributed by atoms with Gasteiger partial charge in [0.25, 0.3) is 11.7 Å². The van der Waals surface area contributed by atoms with Gasteiger partial charge in [0.15, 0.2) is 0 Å². The number of benzene rings is 1. The van der Waals surface area contributed by atoms with Crippen molar-refractivity contribution in [3.8, 4) is 0 Å². The fourth-order valence-electron chi connectivity index (χ4n) is 1.92. The van der Waals surface area contributed by atoms with Gasteiger partial charge in [0, 0.05) is 20.4 Å². The lowest BCUT2D eigenvalue weighted by molar-refractivity contribution is -0.159. The molecule has 1 aromatic carbocycles. The van der Waals surface area contributed by atoms with Gasteiger partial charge in [0.05, 0.1) is 11.6 Å². The van der Waals surface area contributed by atoms with Gasteiger partial charge >= 0.3 is 5.97 Å². The molecule has 0 radical (unpaired) electrons. The summed E-state index contributed by atoms with van der Waals surface area (Å²) < 4.78 is 28.7. The van der Waals surface area contributed by atoms with Crippen LogP contribution < -0.4 is 5.32 Å². The van der Waals surface area contributed by atoms with Crippen molar-refractivity contribution in [2.75, 3.05) is 7.11 Å². The molecule has 1 aliphatic rings. The number of nitrogens with one attached hydrogen (secondary N) is 1. The van der Waals surface area contributed by atoms with Gasteiger partial charge in [-0.3, -0.25) is 4.79 Å². The highest BCUT2D eigenvalue weighted by molar-refractivity contribution is 9.10. The van der Waals surface area contributed by atoms with Crippen LogP contribution in [0, 0.1) is 5.82 Å². The van der Waals surface area contributed by atoms with Gasteiger partial charge < -0.3 is 19.5 Å². The number of hydrogen-bond acceptors (Lipinski definition) is 5. The fourth-order valence-corrected chi connectivity index (χ4v) is 2.34. The van der Waals surface area contributed by atoms with Crippen LogP contribution in [0.3, 0.4) is 0 Å². The van der Waals surface area contributed by atoms with Crippen LogP contribution >= 0.6 is 15.9 Å². The van der Waals surface area contributed by atoms with Gasteiger partial charge in [-0.15, -0.1) is 0 Å². The van der Waals surface area contributed by atoms with Crippen LogP contribution in [-0.4, -0.2) is 24.8 Å². The fraction of sp³-hybridized carbons (Fsp3) is 0.333. The lowest BCUT2D eigenvalue weighted by Gasteiger charge is -2.14. The third kappa shape index (κ3) is 4.01. The maximum atomic E-state index is 13.2. The van der Waals surface area contributed by atoms with E-state index in [1.54, 1.807) is 19.9 Å². The molecule has 0 saturated carbocycles. The van der Waals surface area contributed by atoms with E-state index in [0.29, 0.717) is 10.0 Å². The molecule has 124 valence electrons. The number of halogens is 2. The number of hydrogen-bond donors (Lipinski definition) is 1. The zero-order valence-electron chi connectivity index (χ0n) is 12.7. The van der Waals surface area contributed by atoms with Crippen LogP contribution in [0.15, 0.2) is 34.2 Å². The Kier molecular flexibility index (Phi) is 4.93. The summed E-state index contributed by atoms with van der Waals surface area (Å²) >= 11 is 3.07. The van der Waals surface area contributed by atoms with Crippen LogP contribution in [0.25, 0.3) is 0 Å². The maximum absolute atomic E-state index is 13.2. The molecule has 0 spiro atoms. The number of methoxy groups -OCH3 is 1. The molecule has 6 nitrogen and oxygen atoms in total. The topological polar surface area (TPSA) is 73.9 Å². The number of ether oxygens (including phenoxy) is 3. The Morgan fingerprint density at radius 1 is 1.39 bits per heavy atom. The van der Waals surface area contributed by atoms with Gasteiger partial charge in [-0.1, -0.05) is 6.07 Å². The summed E-state index contributed by atoms with van der Waals surface area (Å²) in [6.45, 7) is 3.20. The lowest BCUT2D eigenvalue weighted by Crippen LogP contribution is -2.27. The van der Waals surface area contributed by atoms with Crippen LogP contribution in [-0.2, 0) is 30.3 Å². The predicted molar refractivity (Wildman–Crippen MR) is 81.2 cm³/mol. The van der Waals surface area contributed by atoms with Gasteiger partial charge in [0.2, 0.25) is 11.5 Å². The smallest absolute Gasteiger partial charge is 0.381 e. The van der Waals surface area contributed by atoms with Gasteiger partial charge in [-0.05, 0) is 33.6 Å². The summed E-state index contributed by atoms with van der Waals surface area (Å²) in [5, 5.41) is 2.57. The van der Waals surface area contributed by atoms with Crippen molar-refractivity contribution in [1.29, 1.82) is 0 Å². The molecule has 2 rings (SSSR count). The molecule has 0 unspecified atom stereocenters. The van der Waals surface area contributed by atoms with Crippen molar-refractivity contribution in [1.82, 2.24) is 5.32 Å². The quantitative estimate of drug-likeness (QED) is 0.487. The SMILES string of the molecule is COC(C(=O)NCc1ccc(F)c(Br)c1)=C1OC(C)(C)OC1=O. The molecule has 1 aliphatic heterocycles. The van der Waals surface area contributed by atoms with E-state index in [2.05, 4.69) is 21.2 Å². The first-order valence-electron chi connectivity index (χ1n) is 6.66. The Hall–Kier alpha value is -2.09. The van der Waals surface area contributed by atoms with Crippen molar-refractivity contribution in [3.05, 3.63) is 45.6 Å². The molecule has 0 aliphatic carbocycles. The molecule has 23 heavy (non-hydrogen) atoms. The largest absolute Gasteiger partial charge is 0.488 e. The second kappa shape index (κ2) is 6.57. The Bertz CT molecular complexity index is 686. The van der Waals surface area contributed by atoms with Crippen LogP contribution in [0.5, 0.6) is 0 Å². The average Bonchev–Trinajstić information content (AvgIpc) is 2.74. The van der Waals surface area contributed by atoms with Crippen molar-refractivity contribution in [2.24, 2.45) is 0 Å². The molecule has 1 heterocycles. The minimum Gasteiger partial charge on any atom is -0.488 e. The number of amides is 1. The summed E-state index contributed by atoms with van der Waals surface area (Å²) in [4.78, 5) is 23.9. The standard InChI is InChI=1S/C15H15BrFNO5/c1-15(2)22-12(14(20)23-15)11(21-3)13(19)18-7-8-4-5-10(17)9(16)6-8/h4-6H,7H2,1-3H3,(H,18,19). The van der Waals surface area contributed by atoms with E-state index in [1.807, 2.05) is 0 Å². The van der Waals surface area contributed by atoms with E-state index < -0.39 is 23.5 Å². The molecule has 8 heteroatoms. The summed E-state index contributed by atoms with van der Waals surface area (Å²) in [6, 6.07) is 4.35. The normalized spacial score (nSPS) is 18.0. The van der Waals surface area contributed by atoms with Gasteiger partial charge in [-0.25, -0.2) is 9.18 Å². The second-order valence-electron chi connectivity index (χ2n) is 5.18. The van der Waals surface area contributed by atoms with E-state index in [9.17, 15) is 14.0 Å². The Balaban J connectivity index is 2.12. The monoisotopic (exact) mass is 387 g/mol. The number of carbonyl (C=O) groups is 2. The summed E-state index contributed by atoms with van der Waals surface area (Å²) in [6.07, 6.45) is 0. The zero-order valence-corrected chi connectivity index (χ0v) is 14.3. The van der Waals surface area contributed by atoms with E-state index in [4.69, 9.17) is 14.2 Å². The second-order valence-corrected chi connectivity index (χ2v) is 6.04. The minimum absolute atomic E-state index is 0.121. The molecule has 1 fully saturated rings. The first kappa shape index (κ1) is 17.3. The number of rotatable bonds is 4. The summed E-state index contributed by atoms with van der Waals surface area (Å²) in [5.74, 6) is -3.52. The van der Waals surface area contributed by atoms with Crippen LogP contribution in [0.2, 0.25) is 0 Å². The highest BCUT2D eigenvalue weighted by atomic mass is 79.9. The Morgan fingerprint density at radius 2 is 2.09 bits per heavy atom. The molecular weight excluding hydrogens is 373 g/mol. The van der Waals surface area contributed by atoms with E-state index in [0.717, 1.165) is 0 Å². The molecular formula is C15H15BrFNO5. The highest BCUT2D eigenvalue weighted by Crippen LogP contribution is 2.28. The molecule has 0 atom stereocenters. The molecule has 1 aromatic rings. The molecule has 1 saturated heterocycles. The van der Waals surface area contributed by atoms with E-state index in [-0.39, 0.29) is 18.1 Å². The van der Waals surface area contributed by atoms with Crippen LogP contribution in [0.4, 0.5) is 4.39 Å². The molecule has 1 N–H and O–H groups in total.